The molecule has 1 N–H and O–H groups in total. The van der Waals surface area contributed by atoms with Crippen LogP contribution in [0.5, 0.6) is 5.75 Å². The second-order valence-electron chi connectivity index (χ2n) is 6.07. The van der Waals surface area contributed by atoms with Crippen LogP contribution in [0.2, 0.25) is 0 Å². The first-order chi connectivity index (χ1) is 10.2. The minimum Gasteiger partial charge on any atom is -0.496 e. The summed E-state index contributed by atoms with van der Waals surface area (Å²) in [5.41, 5.74) is 2.58. The number of hydrogen-bond donors (Lipinski definition) is 1. The summed E-state index contributed by atoms with van der Waals surface area (Å²) in [4.78, 5) is 0. The highest BCUT2D eigenvalue weighted by Crippen LogP contribution is 2.23. The van der Waals surface area contributed by atoms with Crippen LogP contribution in [0.1, 0.15) is 43.2 Å². The van der Waals surface area contributed by atoms with Crippen molar-refractivity contribution < 1.29 is 9.47 Å². The monoisotopic (exact) mass is 291 g/mol. The molecule has 2 unspecified atom stereocenters. The molecule has 1 aromatic carbocycles. The van der Waals surface area contributed by atoms with Crippen molar-refractivity contribution in [3.8, 4) is 5.75 Å². The zero-order valence-corrected chi connectivity index (χ0v) is 13.7. The van der Waals surface area contributed by atoms with Gasteiger partial charge in [0.2, 0.25) is 0 Å². The third-order valence-corrected chi connectivity index (χ3v) is 4.42. The molecule has 3 heteroatoms. The van der Waals surface area contributed by atoms with Crippen LogP contribution in [0.25, 0.3) is 0 Å². The molecule has 1 heterocycles. The molecule has 0 spiro atoms. The molecule has 1 aliphatic rings. The molecule has 1 fully saturated rings. The number of aryl methyl sites for hydroxylation is 1. The predicted molar refractivity (Wildman–Crippen MR) is 87.1 cm³/mol. The van der Waals surface area contributed by atoms with Crippen molar-refractivity contribution in [1.29, 1.82) is 0 Å². The van der Waals surface area contributed by atoms with Gasteiger partial charge in [0.15, 0.2) is 0 Å². The maximum Gasteiger partial charge on any atom is 0.122 e. The topological polar surface area (TPSA) is 30.5 Å². The van der Waals surface area contributed by atoms with Crippen LogP contribution in [-0.4, -0.2) is 32.9 Å². The molecule has 0 saturated carbocycles. The van der Waals surface area contributed by atoms with Crippen LogP contribution in [0, 0.1) is 6.92 Å². The maximum absolute atomic E-state index is 5.83. The SMILES string of the molecule is CNC(CCC1CCCCO1)Cc1cc(C)ccc1OC. The standard InChI is InChI=1S/C18H29NO2/c1-14-7-10-18(20-3)15(12-14)13-16(19-2)8-9-17-6-4-5-11-21-17/h7,10,12,16-17,19H,4-6,8-9,11,13H2,1-3H3. The van der Waals surface area contributed by atoms with Gasteiger partial charge in [0.1, 0.15) is 5.75 Å². The Morgan fingerprint density at radius 3 is 2.90 bits per heavy atom. The van der Waals surface area contributed by atoms with Gasteiger partial charge in [-0.15, -0.1) is 0 Å². The van der Waals surface area contributed by atoms with E-state index in [1.807, 2.05) is 0 Å². The summed E-state index contributed by atoms with van der Waals surface area (Å²) >= 11 is 0. The summed E-state index contributed by atoms with van der Waals surface area (Å²) in [6.45, 7) is 3.08. The summed E-state index contributed by atoms with van der Waals surface area (Å²) < 4.78 is 11.3. The Morgan fingerprint density at radius 2 is 2.24 bits per heavy atom. The molecule has 1 aliphatic heterocycles. The van der Waals surface area contributed by atoms with Crippen molar-refractivity contribution in [2.24, 2.45) is 0 Å². The Labute approximate surface area is 129 Å². The van der Waals surface area contributed by atoms with Crippen LogP contribution >= 0.6 is 0 Å². The summed E-state index contributed by atoms with van der Waals surface area (Å²) in [5, 5.41) is 3.45. The average molecular weight is 291 g/mol. The van der Waals surface area contributed by atoms with Crippen molar-refractivity contribution >= 4 is 0 Å². The largest absolute Gasteiger partial charge is 0.496 e. The third-order valence-electron chi connectivity index (χ3n) is 4.42. The van der Waals surface area contributed by atoms with Crippen LogP contribution < -0.4 is 10.1 Å². The number of methoxy groups -OCH3 is 1. The van der Waals surface area contributed by atoms with Crippen LogP contribution in [-0.2, 0) is 11.2 Å². The lowest BCUT2D eigenvalue weighted by Gasteiger charge is -2.25. The Hall–Kier alpha value is -1.06. The van der Waals surface area contributed by atoms with E-state index < -0.39 is 0 Å². The molecule has 1 saturated heterocycles. The van der Waals surface area contributed by atoms with E-state index in [2.05, 4.69) is 37.5 Å². The van der Waals surface area contributed by atoms with Crippen molar-refractivity contribution in [2.45, 2.75) is 57.6 Å². The highest BCUT2D eigenvalue weighted by atomic mass is 16.5. The smallest absolute Gasteiger partial charge is 0.122 e. The molecule has 0 radical (unpaired) electrons. The van der Waals surface area contributed by atoms with E-state index in [9.17, 15) is 0 Å². The van der Waals surface area contributed by atoms with Crippen molar-refractivity contribution in [1.82, 2.24) is 5.32 Å². The second kappa shape index (κ2) is 8.40. The van der Waals surface area contributed by atoms with Crippen molar-refractivity contribution in [3.63, 3.8) is 0 Å². The van der Waals surface area contributed by atoms with E-state index in [0.29, 0.717) is 12.1 Å². The van der Waals surface area contributed by atoms with Gasteiger partial charge < -0.3 is 14.8 Å². The third kappa shape index (κ3) is 5.01. The number of ether oxygens (including phenoxy) is 2. The van der Waals surface area contributed by atoms with Gasteiger partial charge in [0.25, 0.3) is 0 Å². The average Bonchev–Trinajstić information content (AvgIpc) is 2.52. The summed E-state index contributed by atoms with van der Waals surface area (Å²) in [6, 6.07) is 6.89. The Kier molecular flexibility index (Phi) is 6.52. The minimum absolute atomic E-state index is 0.467. The quantitative estimate of drug-likeness (QED) is 0.834. The van der Waals surface area contributed by atoms with Gasteiger partial charge in [-0.1, -0.05) is 17.7 Å². The van der Waals surface area contributed by atoms with Gasteiger partial charge in [-0.3, -0.25) is 0 Å². The molecule has 118 valence electrons. The van der Waals surface area contributed by atoms with Gasteiger partial charge >= 0.3 is 0 Å². The molecule has 3 nitrogen and oxygen atoms in total. The fourth-order valence-corrected chi connectivity index (χ4v) is 3.10. The van der Waals surface area contributed by atoms with Crippen molar-refractivity contribution in [2.75, 3.05) is 20.8 Å². The number of rotatable bonds is 7. The van der Waals surface area contributed by atoms with Crippen LogP contribution in [0.15, 0.2) is 18.2 Å². The predicted octanol–water partition coefficient (Wildman–Crippen LogP) is 3.48. The normalized spacial score (nSPS) is 20.2. The molecule has 0 bridgehead atoms. The fourth-order valence-electron chi connectivity index (χ4n) is 3.10. The number of hydrogen-bond acceptors (Lipinski definition) is 3. The van der Waals surface area contributed by atoms with Gasteiger partial charge in [-0.05, 0) is 64.1 Å². The van der Waals surface area contributed by atoms with Gasteiger partial charge in [-0.2, -0.15) is 0 Å². The van der Waals surface area contributed by atoms with E-state index in [4.69, 9.17) is 9.47 Å². The first-order valence-electron chi connectivity index (χ1n) is 8.15. The van der Waals surface area contributed by atoms with Gasteiger partial charge in [-0.25, -0.2) is 0 Å². The summed E-state index contributed by atoms with van der Waals surface area (Å²) in [5.74, 6) is 0.995. The van der Waals surface area contributed by atoms with E-state index in [0.717, 1.165) is 31.6 Å². The van der Waals surface area contributed by atoms with E-state index >= 15 is 0 Å². The zero-order valence-electron chi connectivity index (χ0n) is 13.7. The van der Waals surface area contributed by atoms with E-state index in [1.165, 1.54) is 30.4 Å². The molecular weight excluding hydrogens is 262 g/mol. The molecule has 2 atom stereocenters. The van der Waals surface area contributed by atoms with Crippen LogP contribution in [0.3, 0.4) is 0 Å². The molecule has 0 aliphatic carbocycles. The molecule has 21 heavy (non-hydrogen) atoms. The highest BCUT2D eigenvalue weighted by Gasteiger charge is 2.17. The van der Waals surface area contributed by atoms with E-state index in [1.54, 1.807) is 7.11 Å². The molecule has 0 aromatic heterocycles. The Bertz CT molecular complexity index is 427. The maximum atomic E-state index is 5.83. The summed E-state index contributed by atoms with van der Waals surface area (Å²) in [6.07, 6.45) is 7.55. The first kappa shape index (κ1) is 16.3. The lowest BCUT2D eigenvalue weighted by atomic mass is 9.96. The van der Waals surface area contributed by atoms with E-state index in [-0.39, 0.29) is 0 Å². The second-order valence-corrected chi connectivity index (χ2v) is 6.07. The molecule has 0 amide bonds. The number of nitrogens with one attached hydrogen (secondary N) is 1. The Morgan fingerprint density at radius 1 is 1.38 bits per heavy atom. The number of likely N-dealkylation sites (N-methyl/N-ethyl adjacent to an activating group) is 1. The Balaban J connectivity index is 1.90. The molecule has 1 aromatic rings. The molecule has 2 rings (SSSR count). The zero-order chi connectivity index (χ0) is 15.1. The van der Waals surface area contributed by atoms with Gasteiger partial charge in [0, 0.05) is 12.6 Å². The lowest BCUT2D eigenvalue weighted by molar-refractivity contribution is 0.00869. The van der Waals surface area contributed by atoms with Gasteiger partial charge in [0.05, 0.1) is 13.2 Å². The lowest BCUT2D eigenvalue weighted by Crippen LogP contribution is -2.30. The molecular formula is C18H29NO2. The highest BCUT2D eigenvalue weighted by molar-refractivity contribution is 5.37. The minimum atomic E-state index is 0.467. The number of benzene rings is 1. The fraction of sp³-hybridized carbons (Fsp3) is 0.667. The van der Waals surface area contributed by atoms with Crippen LogP contribution in [0.4, 0.5) is 0 Å². The summed E-state index contributed by atoms with van der Waals surface area (Å²) in [7, 11) is 3.80. The first-order valence-corrected chi connectivity index (χ1v) is 8.15. The van der Waals surface area contributed by atoms with Crippen molar-refractivity contribution in [3.05, 3.63) is 29.3 Å².